The fraction of sp³-hybridized carbons (Fsp3) is 0.360. The predicted octanol–water partition coefficient (Wildman–Crippen LogP) is 3.75. The zero-order valence-corrected chi connectivity index (χ0v) is 20.0. The number of aromatic nitrogens is 1. The van der Waals surface area contributed by atoms with Crippen molar-refractivity contribution in [2.45, 2.75) is 38.9 Å². The van der Waals surface area contributed by atoms with Crippen molar-refractivity contribution in [1.29, 1.82) is 0 Å². The molecule has 4 rings (SSSR count). The summed E-state index contributed by atoms with van der Waals surface area (Å²) in [4.78, 5) is 18.0. The average molecular weight is 482 g/mol. The van der Waals surface area contributed by atoms with Gasteiger partial charge in [0.05, 0.1) is 18.0 Å². The molecule has 0 spiro atoms. The average Bonchev–Trinajstić information content (AvgIpc) is 2.86. The lowest BCUT2D eigenvalue weighted by Gasteiger charge is -2.40. The molecule has 0 aliphatic carbocycles. The zero-order chi connectivity index (χ0) is 23.9. The molecule has 1 aliphatic rings. The maximum Gasteiger partial charge on any atom is 0.409 e. The molecule has 0 saturated carbocycles. The predicted molar refractivity (Wildman–Crippen MR) is 132 cm³/mol. The number of carbonyl (C=O) groups is 1. The van der Waals surface area contributed by atoms with Gasteiger partial charge < -0.3 is 19.5 Å². The molecule has 2 heterocycles. The molecule has 1 aliphatic heterocycles. The van der Waals surface area contributed by atoms with Crippen LogP contribution in [0.4, 0.5) is 10.5 Å². The van der Waals surface area contributed by atoms with Crippen LogP contribution in [0, 0.1) is 0 Å². The van der Waals surface area contributed by atoms with Gasteiger partial charge in [0.15, 0.2) is 0 Å². The quantitative estimate of drug-likeness (QED) is 0.492. The molecule has 1 saturated heterocycles. The summed E-state index contributed by atoms with van der Waals surface area (Å²) in [7, 11) is 0. The van der Waals surface area contributed by atoms with Crippen molar-refractivity contribution < 1.29 is 18.3 Å². The molecule has 8 nitrogen and oxygen atoms in total. The molecule has 1 fully saturated rings. The minimum atomic E-state index is -2.45. The number of likely N-dealkylation sites (tertiary alicyclic amines) is 1. The normalized spacial score (nSPS) is 15.3. The Morgan fingerprint density at radius 1 is 1.12 bits per heavy atom. The van der Waals surface area contributed by atoms with Crippen molar-refractivity contribution in [3.63, 3.8) is 0 Å². The van der Waals surface area contributed by atoms with Crippen LogP contribution in [0.25, 0.3) is 10.8 Å². The monoisotopic (exact) mass is 481 g/mol. The summed E-state index contributed by atoms with van der Waals surface area (Å²) in [6.07, 6.45) is 2.53. The highest BCUT2D eigenvalue weighted by Crippen LogP contribution is 2.33. The lowest BCUT2D eigenvalue weighted by atomic mass is 10.00. The zero-order valence-electron chi connectivity index (χ0n) is 19.2. The van der Waals surface area contributed by atoms with E-state index in [-0.39, 0.29) is 12.1 Å². The fourth-order valence-electron chi connectivity index (χ4n) is 4.42. The molecule has 1 N–H and O–H groups in total. The molecular formula is C25H29N4O4S-. The Hall–Kier alpha value is -3.01. The van der Waals surface area contributed by atoms with Gasteiger partial charge >= 0.3 is 6.09 Å². The molecule has 1 unspecified atom stereocenters. The minimum Gasteiger partial charge on any atom is -0.755 e. The summed E-state index contributed by atoms with van der Waals surface area (Å²) < 4.78 is 31.3. The van der Waals surface area contributed by atoms with Gasteiger partial charge in [-0.3, -0.25) is 13.5 Å². The van der Waals surface area contributed by atoms with E-state index in [1.165, 1.54) is 4.31 Å². The Labute approximate surface area is 202 Å². The molecule has 0 bridgehead atoms. The van der Waals surface area contributed by atoms with E-state index in [1.54, 1.807) is 18.0 Å². The van der Waals surface area contributed by atoms with Crippen LogP contribution in [-0.2, 0) is 29.1 Å². The first-order valence-corrected chi connectivity index (χ1v) is 12.5. The van der Waals surface area contributed by atoms with Gasteiger partial charge in [0.1, 0.15) is 0 Å². The topological polar surface area (TPSA) is 97.8 Å². The van der Waals surface area contributed by atoms with Gasteiger partial charge in [-0.1, -0.05) is 36.4 Å². The summed E-state index contributed by atoms with van der Waals surface area (Å²) >= 11 is -2.45. The van der Waals surface area contributed by atoms with Crippen LogP contribution in [-0.4, -0.2) is 50.5 Å². The Kier molecular flexibility index (Phi) is 8.10. The molecule has 3 aromatic rings. The van der Waals surface area contributed by atoms with E-state index in [1.807, 2.05) is 54.6 Å². The lowest BCUT2D eigenvalue weighted by Crippen LogP contribution is -2.47. The van der Waals surface area contributed by atoms with E-state index in [0.29, 0.717) is 51.3 Å². The number of fused-ring (bicyclic) bond motifs is 1. The van der Waals surface area contributed by atoms with Gasteiger partial charge in [-0.2, -0.15) is 0 Å². The SMILES string of the molecule is CCOC(=O)N1CCC(N(c2ccc(CNCc3ccccn3)c3ccccc23)S(=O)[O-])CC1. The first-order valence-electron chi connectivity index (χ1n) is 11.5. The molecular weight excluding hydrogens is 452 g/mol. The minimum absolute atomic E-state index is 0.222. The van der Waals surface area contributed by atoms with Crippen LogP contribution in [0.5, 0.6) is 0 Å². The molecule has 34 heavy (non-hydrogen) atoms. The number of ether oxygens (including phenoxy) is 1. The van der Waals surface area contributed by atoms with Crippen molar-refractivity contribution in [2.75, 3.05) is 24.0 Å². The van der Waals surface area contributed by atoms with Crippen molar-refractivity contribution in [2.24, 2.45) is 0 Å². The second-order valence-electron chi connectivity index (χ2n) is 8.17. The summed E-state index contributed by atoms with van der Waals surface area (Å²) in [5, 5.41) is 5.32. The smallest absolute Gasteiger partial charge is 0.409 e. The van der Waals surface area contributed by atoms with Crippen LogP contribution in [0.1, 0.15) is 31.0 Å². The second-order valence-corrected chi connectivity index (χ2v) is 9.00. The largest absolute Gasteiger partial charge is 0.755 e. The van der Waals surface area contributed by atoms with E-state index < -0.39 is 11.3 Å². The standard InChI is InChI=1S/C25H30N4O4S/c1-2-33-25(30)28-15-12-21(13-16-28)29(34(31)32)24-11-10-19(22-8-3-4-9-23(22)24)17-26-18-20-7-5-6-14-27-20/h3-11,14,21,26H,2,12-13,15-18H2,1H3,(H,31,32)/p-1. The van der Waals surface area contributed by atoms with Crippen LogP contribution < -0.4 is 9.62 Å². The number of nitrogens with zero attached hydrogens (tertiary/aromatic N) is 3. The van der Waals surface area contributed by atoms with E-state index in [9.17, 15) is 13.6 Å². The number of rotatable bonds is 8. The number of amides is 1. The van der Waals surface area contributed by atoms with Crippen molar-refractivity contribution in [1.82, 2.24) is 15.2 Å². The molecule has 9 heteroatoms. The van der Waals surface area contributed by atoms with Gasteiger partial charge in [0.2, 0.25) is 0 Å². The maximum atomic E-state index is 12.4. The number of nitrogens with one attached hydrogen (secondary N) is 1. The van der Waals surface area contributed by atoms with Gasteiger partial charge in [0, 0.05) is 55.1 Å². The second kappa shape index (κ2) is 11.4. The Bertz CT molecular complexity index is 1140. The van der Waals surface area contributed by atoms with Gasteiger partial charge in [-0.05, 0) is 48.9 Å². The molecule has 0 radical (unpaired) electrons. The highest BCUT2D eigenvalue weighted by Gasteiger charge is 2.29. The third-order valence-electron chi connectivity index (χ3n) is 6.06. The Morgan fingerprint density at radius 3 is 2.53 bits per heavy atom. The first kappa shape index (κ1) is 24.1. The van der Waals surface area contributed by atoms with Crippen molar-refractivity contribution >= 4 is 33.8 Å². The maximum absolute atomic E-state index is 12.4. The summed E-state index contributed by atoms with van der Waals surface area (Å²) in [6.45, 7) is 4.30. The highest BCUT2D eigenvalue weighted by molar-refractivity contribution is 7.80. The first-order chi connectivity index (χ1) is 16.6. The van der Waals surface area contributed by atoms with Crippen LogP contribution in [0.2, 0.25) is 0 Å². The summed E-state index contributed by atoms with van der Waals surface area (Å²) in [5.74, 6) is 0. The molecule has 1 amide bonds. The number of piperidine rings is 1. The van der Waals surface area contributed by atoms with E-state index in [0.717, 1.165) is 22.0 Å². The number of hydrogen-bond acceptors (Lipinski definition) is 6. The van der Waals surface area contributed by atoms with Crippen LogP contribution >= 0.6 is 0 Å². The Morgan fingerprint density at radius 2 is 1.85 bits per heavy atom. The number of carbonyl (C=O) groups excluding carboxylic acids is 1. The van der Waals surface area contributed by atoms with Gasteiger partial charge in [-0.15, -0.1) is 0 Å². The van der Waals surface area contributed by atoms with E-state index in [4.69, 9.17) is 4.74 Å². The lowest BCUT2D eigenvalue weighted by molar-refractivity contribution is 0.0976. The van der Waals surface area contributed by atoms with Gasteiger partial charge in [-0.25, -0.2) is 4.79 Å². The number of pyridine rings is 1. The van der Waals surface area contributed by atoms with Crippen molar-refractivity contribution in [3.8, 4) is 0 Å². The van der Waals surface area contributed by atoms with Gasteiger partial charge in [0.25, 0.3) is 0 Å². The Balaban J connectivity index is 1.53. The van der Waals surface area contributed by atoms with Crippen LogP contribution in [0.3, 0.4) is 0 Å². The third kappa shape index (κ3) is 5.55. The molecule has 1 aromatic heterocycles. The number of benzene rings is 2. The van der Waals surface area contributed by atoms with Crippen LogP contribution in [0.15, 0.2) is 60.8 Å². The molecule has 2 aromatic carbocycles. The number of hydrogen-bond donors (Lipinski definition) is 1. The number of anilines is 1. The molecule has 180 valence electrons. The summed E-state index contributed by atoms with van der Waals surface area (Å²) in [5.41, 5.74) is 2.71. The van der Waals surface area contributed by atoms with E-state index in [2.05, 4.69) is 10.3 Å². The fourth-order valence-corrected chi connectivity index (χ4v) is 5.19. The third-order valence-corrected chi connectivity index (χ3v) is 6.88. The van der Waals surface area contributed by atoms with Crippen molar-refractivity contribution in [3.05, 3.63) is 72.1 Å². The highest BCUT2D eigenvalue weighted by atomic mass is 32.2. The molecule has 1 atom stereocenters. The summed E-state index contributed by atoms with van der Waals surface area (Å²) in [6, 6.07) is 17.3. The van der Waals surface area contributed by atoms with E-state index >= 15 is 0 Å².